The second-order valence-corrected chi connectivity index (χ2v) is 4.40. The summed E-state index contributed by atoms with van der Waals surface area (Å²) in [6.45, 7) is 0.746. The third kappa shape index (κ3) is 2.79. The number of rotatable bonds is 3. The number of nitrogens with zero attached hydrogens (tertiary/aromatic N) is 3. The summed E-state index contributed by atoms with van der Waals surface area (Å²) < 4.78 is 0. The maximum atomic E-state index is 8.83. The normalized spacial score (nSPS) is 9.83. The topological polar surface area (TPSA) is 39.9 Å². The highest BCUT2D eigenvalue weighted by Gasteiger charge is 2.05. The molecule has 0 atom stereocenters. The molecule has 1 aromatic carbocycles. The molecule has 3 nitrogen and oxygen atoms in total. The first-order chi connectivity index (χ1) is 8.70. The van der Waals surface area contributed by atoms with E-state index in [-0.39, 0.29) is 0 Å². The number of benzene rings is 1. The van der Waals surface area contributed by atoms with Crippen molar-refractivity contribution < 1.29 is 0 Å². The van der Waals surface area contributed by atoms with Crippen LogP contribution in [0.4, 0.5) is 5.69 Å². The Labute approximate surface area is 111 Å². The molecule has 90 valence electrons. The number of hydrogen-bond acceptors (Lipinski definition) is 3. The first-order valence-electron chi connectivity index (χ1n) is 5.50. The van der Waals surface area contributed by atoms with Gasteiger partial charge < -0.3 is 4.90 Å². The first kappa shape index (κ1) is 12.4. The van der Waals surface area contributed by atoms with Crippen molar-refractivity contribution in [1.29, 1.82) is 5.26 Å². The highest BCUT2D eigenvalue weighted by molar-refractivity contribution is 6.32. The summed E-state index contributed by atoms with van der Waals surface area (Å²) >= 11 is 6.02. The van der Waals surface area contributed by atoms with Gasteiger partial charge in [0.15, 0.2) is 0 Å². The summed E-state index contributed by atoms with van der Waals surface area (Å²) in [5, 5.41) is 9.31. The molecule has 0 aliphatic heterocycles. The Balaban J connectivity index is 2.17. The lowest BCUT2D eigenvalue weighted by molar-refractivity contribution is 0.915. The predicted octanol–water partition coefficient (Wildman–Crippen LogP) is 3.24. The van der Waals surface area contributed by atoms with Gasteiger partial charge in [-0.3, -0.25) is 4.98 Å². The van der Waals surface area contributed by atoms with E-state index in [2.05, 4.69) is 16.0 Å². The maximum Gasteiger partial charge on any atom is 0.101 e. The van der Waals surface area contributed by atoms with Crippen LogP contribution in [0.25, 0.3) is 0 Å². The standard InChI is InChI=1S/C14H12ClN3/c1-18(10-11-3-2-6-17-9-11)13-5-4-12(8-16)14(15)7-13/h2-7,9H,10H2,1H3. The quantitative estimate of drug-likeness (QED) is 0.847. The molecule has 1 heterocycles. The van der Waals surface area contributed by atoms with Crippen LogP contribution < -0.4 is 4.90 Å². The van der Waals surface area contributed by atoms with E-state index >= 15 is 0 Å². The molecule has 2 rings (SSSR count). The molecule has 4 heteroatoms. The van der Waals surface area contributed by atoms with E-state index in [4.69, 9.17) is 16.9 Å². The zero-order valence-corrected chi connectivity index (χ0v) is 10.7. The number of anilines is 1. The average molecular weight is 258 g/mol. The third-order valence-corrected chi connectivity index (χ3v) is 2.97. The van der Waals surface area contributed by atoms with Crippen LogP contribution in [0, 0.1) is 11.3 Å². The SMILES string of the molecule is CN(Cc1cccnc1)c1ccc(C#N)c(Cl)c1. The lowest BCUT2D eigenvalue weighted by Crippen LogP contribution is -2.16. The highest BCUT2D eigenvalue weighted by atomic mass is 35.5. The summed E-state index contributed by atoms with van der Waals surface area (Å²) in [4.78, 5) is 6.14. The molecule has 1 aromatic heterocycles. The van der Waals surface area contributed by atoms with Crippen molar-refractivity contribution in [2.24, 2.45) is 0 Å². The van der Waals surface area contributed by atoms with Crippen LogP contribution in [0.5, 0.6) is 0 Å². The van der Waals surface area contributed by atoms with E-state index < -0.39 is 0 Å². The number of hydrogen-bond donors (Lipinski definition) is 0. The Morgan fingerprint density at radius 2 is 2.22 bits per heavy atom. The molecular formula is C14H12ClN3. The van der Waals surface area contributed by atoms with Crippen LogP contribution >= 0.6 is 11.6 Å². The monoisotopic (exact) mass is 257 g/mol. The van der Waals surface area contributed by atoms with Gasteiger partial charge >= 0.3 is 0 Å². The number of halogens is 1. The van der Waals surface area contributed by atoms with Gasteiger partial charge in [-0.2, -0.15) is 5.26 Å². The fourth-order valence-electron chi connectivity index (χ4n) is 1.69. The van der Waals surface area contributed by atoms with Gasteiger partial charge in [0.05, 0.1) is 10.6 Å². The summed E-state index contributed by atoms with van der Waals surface area (Å²) in [5.74, 6) is 0. The van der Waals surface area contributed by atoms with E-state index in [9.17, 15) is 0 Å². The van der Waals surface area contributed by atoms with Crippen molar-refractivity contribution in [3.63, 3.8) is 0 Å². The molecule has 0 N–H and O–H groups in total. The molecule has 0 aliphatic rings. The fraction of sp³-hybridized carbons (Fsp3) is 0.143. The first-order valence-corrected chi connectivity index (χ1v) is 5.88. The summed E-state index contributed by atoms with van der Waals surface area (Å²) in [5.41, 5.74) is 2.60. The van der Waals surface area contributed by atoms with Crippen molar-refractivity contribution in [3.05, 3.63) is 58.9 Å². The van der Waals surface area contributed by atoms with Crippen molar-refractivity contribution in [2.45, 2.75) is 6.54 Å². The molecule has 0 fully saturated rings. The molecule has 0 unspecified atom stereocenters. The molecule has 0 saturated carbocycles. The van der Waals surface area contributed by atoms with Crippen LogP contribution in [0.15, 0.2) is 42.7 Å². The van der Waals surface area contributed by atoms with Crippen LogP contribution in [-0.2, 0) is 6.54 Å². The van der Waals surface area contributed by atoms with Crippen molar-refractivity contribution in [1.82, 2.24) is 4.98 Å². The van der Waals surface area contributed by atoms with Crippen LogP contribution in [0.2, 0.25) is 5.02 Å². The molecular weight excluding hydrogens is 246 g/mol. The van der Waals surface area contributed by atoms with Gasteiger partial charge in [0, 0.05) is 31.7 Å². The Hall–Kier alpha value is -2.05. The number of pyridine rings is 1. The minimum absolute atomic E-state index is 0.480. The van der Waals surface area contributed by atoms with Gasteiger partial charge in [-0.05, 0) is 29.8 Å². The van der Waals surface area contributed by atoms with Crippen LogP contribution in [-0.4, -0.2) is 12.0 Å². The highest BCUT2D eigenvalue weighted by Crippen LogP contribution is 2.23. The van der Waals surface area contributed by atoms with Crippen molar-refractivity contribution in [3.8, 4) is 6.07 Å². The second kappa shape index (κ2) is 5.52. The maximum absolute atomic E-state index is 8.83. The Morgan fingerprint density at radius 3 is 2.83 bits per heavy atom. The lowest BCUT2D eigenvalue weighted by atomic mass is 10.2. The molecule has 0 saturated heterocycles. The minimum atomic E-state index is 0.480. The fourth-order valence-corrected chi connectivity index (χ4v) is 1.91. The van der Waals surface area contributed by atoms with E-state index in [1.165, 1.54) is 0 Å². The Bertz CT molecular complexity index is 575. The van der Waals surface area contributed by atoms with Gasteiger partial charge in [0.2, 0.25) is 0 Å². The van der Waals surface area contributed by atoms with Crippen molar-refractivity contribution in [2.75, 3.05) is 11.9 Å². The van der Waals surface area contributed by atoms with Gasteiger partial charge in [-0.25, -0.2) is 0 Å². The summed E-state index contributed by atoms with van der Waals surface area (Å²) in [7, 11) is 1.98. The van der Waals surface area contributed by atoms with E-state index in [0.29, 0.717) is 10.6 Å². The second-order valence-electron chi connectivity index (χ2n) is 3.99. The number of nitriles is 1. The summed E-state index contributed by atoms with van der Waals surface area (Å²) in [6, 6.07) is 11.4. The van der Waals surface area contributed by atoms with Gasteiger partial charge in [-0.1, -0.05) is 17.7 Å². The minimum Gasteiger partial charge on any atom is -0.370 e. The Kier molecular flexibility index (Phi) is 3.81. The molecule has 0 radical (unpaired) electrons. The molecule has 0 aliphatic carbocycles. The van der Waals surface area contributed by atoms with Crippen LogP contribution in [0.3, 0.4) is 0 Å². The average Bonchev–Trinajstić information content (AvgIpc) is 2.39. The van der Waals surface area contributed by atoms with Gasteiger partial charge in [-0.15, -0.1) is 0 Å². The number of aromatic nitrogens is 1. The van der Waals surface area contributed by atoms with Crippen molar-refractivity contribution >= 4 is 17.3 Å². The van der Waals surface area contributed by atoms with Crippen LogP contribution in [0.1, 0.15) is 11.1 Å². The van der Waals surface area contributed by atoms with E-state index in [1.54, 1.807) is 18.3 Å². The zero-order valence-electron chi connectivity index (χ0n) is 9.97. The molecule has 0 spiro atoms. The molecule has 18 heavy (non-hydrogen) atoms. The molecule has 2 aromatic rings. The smallest absolute Gasteiger partial charge is 0.101 e. The lowest BCUT2D eigenvalue weighted by Gasteiger charge is -2.19. The van der Waals surface area contributed by atoms with E-state index in [1.807, 2.05) is 31.4 Å². The van der Waals surface area contributed by atoms with Gasteiger partial charge in [0.25, 0.3) is 0 Å². The van der Waals surface area contributed by atoms with Gasteiger partial charge in [0.1, 0.15) is 6.07 Å². The molecule has 0 amide bonds. The Morgan fingerprint density at radius 1 is 1.39 bits per heavy atom. The largest absolute Gasteiger partial charge is 0.370 e. The third-order valence-electron chi connectivity index (χ3n) is 2.66. The van der Waals surface area contributed by atoms with E-state index in [0.717, 1.165) is 17.8 Å². The zero-order chi connectivity index (χ0) is 13.0. The summed E-state index contributed by atoms with van der Waals surface area (Å²) in [6.07, 6.45) is 3.59. The predicted molar refractivity (Wildman–Crippen MR) is 72.5 cm³/mol. The molecule has 0 bridgehead atoms.